The standard InChI is InChI=1S/C19H20ClF3N2OS/c1-11-3-6-16(27-11)12(2)24-17-14-8-10-25(18(26)19(21,22)23)9-7-13(14)4-5-15(17)20/h3-6,12,24H,7-10H2,1-2H3. The van der Waals surface area contributed by atoms with Crippen LogP contribution in [0.2, 0.25) is 5.02 Å². The first-order valence-electron chi connectivity index (χ1n) is 8.66. The SMILES string of the molecule is Cc1ccc(C(C)Nc2c(Cl)ccc3c2CCN(C(=O)C(F)(F)F)CC3)s1. The minimum atomic E-state index is -4.85. The van der Waals surface area contributed by atoms with Crippen molar-refractivity contribution in [3.63, 3.8) is 0 Å². The van der Waals surface area contributed by atoms with E-state index >= 15 is 0 Å². The zero-order valence-electron chi connectivity index (χ0n) is 15.0. The largest absolute Gasteiger partial charge is 0.471 e. The second-order valence-corrected chi connectivity index (χ2v) is 8.39. The Morgan fingerprint density at radius 1 is 1.22 bits per heavy atom. The summed E-state index contributed by atoms with van der Waals surface area (Å²) in [6.45, 7) is 4.13. The number of nitrogens with zero attached hydrogens (tertiary/aromatic N) is 1. The number of amides is 1. The van der Waals surface area contributed by atoms with Gasteiger partial charge in [-0.2, -0.15) is 13.2 Å². The molecule has 27 heavy (non-hydrogen) atoms. The molecule has 0 saturated heterocycles. The van der Waals surface area contributed by atoms with Gasteiger partial charge in [0.1, 0.15) is 0 Å². The van der Waals surface area contributed by atoms with Crippen LogP contribution in [0.1, 0.15) is 33.8 Å². The lowest BCUT2D eigenvalue weighted by molar-refractivity contribution is -0.185. The number of thiophene rings is 1. The summed E-state index contributed by atoms with van der Waals surface area (Å²) in [5, 5.41) is 3.95. The molecule has 3 nitrogen and oxygen atoms in total. The first kappa shape index (κ1) is 20.0. The maximum atomic E-state index is 12.8. The zero-order chi connectivity index (χ0) is 19.8. The number of benzene rings is 1. The number of fused-ring (bicyclic) bond motifs is 1. The topological polar surface area (TPSA) is 32.3 Å². The molecule has 0 aliphatic carbocycles. The molecule has 1 unspecified atom stereocenters. The van der Waals surface area contributed by atoms with Gasteiger partial charge in [0.05, 0.1) is 16.8 Å². The molecular formula is C19H20ClF3N2OS. The number of carbonyl (C=O) groups is 1. The van der Waals surface area contributed by atoms with E-state index in [0.717, 1.165) is 26.6 Å². The van der Waals surface area contributed by atoms with Crippen LogP contribution < -0.4 is 5.32 Å². The Morgan fingerprint density at radius 3 is 2.56 bits per heavy atom. The van der Waals surface area contributed by atoms with Gasteiger partial charge in [0.25, 0.3) is 0 Å². The van der Waals surface area contributed by atoms with Crippen LogP contribution in [0.4, 0.5) is 18.9 Å². The lowest BCUT2D eigenvalue weighted by Crippen LogP contribution is -2.42. The van der Waals surface area contributed by atoms with E-state index in [1.807, 2.05) is 26.0 Å². The average Bonchev–Trinajstić information content (AvgIpc) is 2.92. The van der Waals surface area contributed by atoms with Crippen LogP contribution in [0.3, 0.4) is 0 Å². The third-order valence-corrected chi connectivity index (χ3v) is 6.22. The molecule has 8 heteroatoms. The van der Waals surface area contributed by atoms with E-state index in [4.69, 9.17) is 11.6 Å². The maximum absolute atomic E-state index is 12.8. The molecule has 0 radical (unpaired) electrons. The van der Waals surface area contributed by atoms with Crippen LogP contribution in [0.15, 0.2) is 24.3 Å². The summed E-state index contributed by atoms with van der Waals surface area (Å²) in [4.78, 5) is 14.8. The number of halogens is 4. The first-order chi connectivity index (χ1) is 12.7. The molecule has 1 aromatic carbocycles. The van der Waals surface area contributed by atoms with E-state index < -0.39 is 12.1 Å². The summed E-state index contributed by atoms with van der Waals surface area (Å²) < 4.78 is 38.3. The number of alkyl halides is 3. The lowest BCUT2D eigenvalue weighted by atomic mass is 10.0. The first-order valence-corrected chi connectivity index (χ1v) is 9.85. The third kappa shape index (κ3) is 4.41. The number of hydrogen-bond donors (Lipinski definition) is 1. The van der Waals surface area contributed by atoms with Gasteiger partial charge in [-0.25, -0.2) is 0 Å². The Hall–Kier alpha value is -1.73. The van der Waals surface area contributed by atoms with Gasteiger partial charge >= 0.3 is 12.1 Å². The van der Waals surface area contributed by atoms with Crippen molar-refractivity contribution in [3.05, 3.63) is 50.2 Å². The number of rotatable bonds is 3. The van der Waals surface area contributed by atoms with Crippen LogP contribution in [0.25, 0.3) is 0 Å². The predicted molar refractivity (Wildman–Crippen MR) is 103 cm³/mol. The third-order valence-electron chi connectivity index (χ3n) is 4.72. The van der Waals surface area contributed by atoms with Crippen molar-refractivity contribution >= 4 is 34.5 Å². The molecule has 2 heterocycles. The molecule has 1 N–H and O–H groups in total. The monoisotopic (exact) mass is 416 g/mol. The maximum Gasteiger partial charge on any atom is 0.471 e. The van der Waals surface area contributed by atoms with Gasteiger partial charge in [0, 0.05) is 22.8 Å². The van der Waals surface area contributed by atoms with Gasteiger partial charge in [-0.3, -0.25) is 4.79 Å². The van der Waals surface area contributed by atoms with Crippen LogP contribution in [0, 0.1) is 6.92 Å². The summed E-state index contributed by atoms with van der Waals surface area (Å²) in [5.41, 5.74) is 2.56. The molecule has 1 amide bonds. The summed E-state index contributed by atoms with van der Waals surface area (Å²) in [7, 11) is 0. The van der Waals surface area contributed by atoms with Gasteiger partial charge in [-0.05, 0) is 56.0 Å². The van der Waals surface area contributed by atoms with Crippen molar-refractivity contribution in [3.8, 4) is 0 Å². The summed E-state index contributed by atoms with van der Waals surface area (Å²) in [5.74, 6) is -1.78. The molecule has 0 spiro atoms. The highest BCUT2D eigenvalue weighted by atomic mass is 35.5. The fourth-order valence-electron chi connectivity index (χ4n) is 3.31. The molecule has 1 aliphatic heterocycles. The molecule has 0 saturated carbocycles. The van der Waals surface area contributed by atoms with Gasteiger partial charge in [-0.1, -0.05) is 17.7 Å². The van der Waals surface area contributed by atoms with Crippen molar-refractivity contribution in [2.24, 2.45) is 0 Å². The molecule has 0 bridgehead atoms. The van der Waals surface area contributed by atoms with Crippen LogP contribution in [-0.2, 0) is 17.6 Å². The quantitative estimate of drug-likeness (QED) is 0.729. The van der Waals surface area contributed by atoms with E-state index in [2.05, 4.69) is 11.4 Å². The smallest absolute Gasteiger partial charge is 0.376 e. The zero-order valence-corrected chi connectivity index (χ0v) is 16.6. The van der Waals surface area contributed by atoms with Crippen LogP contribution in [-0.4, -0.2) is 30.1 Å². The Balaban J connectivity index is 1.84. The second kappa shape index (κ2) is 7.72. The van der Waals surface area contributed by atoms with E-state index in [0.29, 0.717) is 17.9 Å². The van der Waals surface area contributed by atoms with Gasteiger partial charge < -0.3 is 10.2 Å². The Kier molecular flexibility index (Phi) is 5.72. The van der Waals surface area contributed by atoms with Crippen molar-refractivity contribution < 1.29 is 18.0 Å². The minimum absolute atomic E-state index is 0.0175. The van der Waals surface area contributed by atoms with Gasteiger partial charge in [0.2, 0.25) is 0 Å². The molecule has 3 rings (SSSR count). The van der Waals surface area contributed by atoms with E-state index in [-0.39, 0.29) is 19.1 Å². The molecule has 1 atom stereocenters. The fourth-order valence-corrected chi connectivity index (χ4v) is 4.42. The van der Waals surface area contributed by atoms with Gasteiger partial charge in [-0.15, -0.1) is 11.3 Å². The Labute approximate surface area is 165 Å². The Bertz CT molecular complexity index is 850. The summed E-state index contributed by atoms with van der Waals surface area (Å²) >= 11 is 8.09. The van der Waals surface area contributed by atoms with Crippen LogP contribution in [0.5, 0.6) is 0 Å². The van der Waals surface area contributed by atoms with Crippen molar-refractivity contribution in [1.29, 1.82) is 0 Å². The highest BCUT2D eigenvalue weighted by molar-refractivity contribution is 7.12. The molecule has 0 fully saturated rings. The Morgan fingerprint density at radius 2 is 1.93 bits per heavy atom. The predicted octanol–water partition coefficient (Wildman–Crippen LogP) is 5.37. The number of hydrogen-bond acceptors (Lipinski definition) is 3. The van der Waals surface area contributed by atoms with Crippen molar-refractivity contribution in [2.45, 2.75) is 38.9 Å². The summed E-state index contributed by atoms with van der Waals surface area (Å²) in [6, 6.07) is 7.72. The normalized spacial score (nSPS) is 15.9. The fraction of sp³-hybridized carbons (Fsp3) is 0.421. The van der Waals surface area contributed by atoms with Crippen molar-refractivity contribution in [1.82, 2.24) is 4.90 Å². The minimum Gasteiger partial charge on any atom is -0.376 e. The number of nitrogens with one attached hydrogen (secondary N) is 1. The van der Waals surface area contributed by atoms with E-state index in [9.17, 15) is 18.0 Å². The number of carbonyl (C=O) groups excluding carboxylic acids is 1. The molecular weight excluding hydrogens is 397 g/mol. The molecule has 146 valence electrons. The number of anilines is 1. The summed E-state index contributed by atoms with van der Waals surface area (Å²) in [6.07, 6.45) is -4.15. The highest BCUT2D eigenvalue weighted by Crippen LogP contribution is 2.35. The van der Waals surface area contributed by atoms with Gasteiger partial charge in [0.15, 0.2) is 0 Å². The molecule has 1 aliphatic rings. The van der Waals surface area contributed by atoms with Crippen LogP contribution >= 0.6 is 22.9 Å². The average molecular weight is 417 g/mol. The molecule has 1 aromatic heterocycles. The van der Waals surface area contributed by atoms with E-state index in [1.54, 1.807) is 17.4 Å². The van der Waals surface area contributed by atoms with Crippen molar-refractivity contribution in [2.75, 3.05) is 18.4 Å². The van der Waals surface area contributed by atoms with E-state index in [1.165, 1.54) is 4.88 Å². The highest BCUT2D eigenvalue weighted by Gasteiger charge is 2.42. The number of aryl methyl sites for hydroxylation is 1. The molecule has 2 aromatic rings. The lowest BCUT2D eigenvalue weighted by Gasteiger charge is -2.22. The second-order valence-electron chi connectivity index (χ2n) is 6.66.